The first-order chi connectivity index (χ1) is 8.58. The summed E-state index contributed by atoms with van der Waals surface area (Å²) in [6.07, 6.45) is 1.23. The fraction of sp³-hybridized carbons (Fsp3) is 0.0769. The number of halogens is 1. The summed E-state index contributed by atoms with van der Waals surface area (Å²) in [6, 6.07) is 9.80. The van der Waals surface area contributed by atoms with Gasteiger partial charge in [0.05, 0.1) is 5.69 Å². The van der Waals surface area contributed by atoms with Crippen molar-refractivity contribution in [3.05, 3.63) is 52.8 Å². The Kier molecular flexibility index (Phi) is 5.92. The molecule has 0 bridgehead atoms. The van der Waals surface area contributed by atoms with Gasteiger partial charge in [-0.15, -0.1) is 11.6 Å². The van der Waals surface area contributed by atoms with Crippen molar-refractivity contribution in [1.82, 2.24) is 4.98 Å². The van der Waals surface area contributed by atoms with Crippen LogP contribution in [-0.2, 0) is 32.7 Å². The van der Waals surface area contributed by atoms with Crippen LogP contribution < -0.4 is 5.32 Å². The van der Waals surface area contributed by atoms with Crippen molar-refractivity contribution in [3.8, 4) is 0 Å². The normalized spacial score (nSPS) is 9.58. The average Bonchev–Trinajstić information content (AvgIpc) is 2.32. The Bertz CT molecular complexity index is 605. The summed E-state index contributed by atoms with van der Waals surface area (Å²) in [5.74, 6) is -1.05. The van der Waals surface area contributed by atoms with Gasteiger partial charge in [-0.3, -0.25) is 0 Å². The number of nitrogens with zero attached hydrogens (tertiary/aromatic N) is 1. The molecule has 2 N–H and O–H groups in total. The van der Waals surface area contributed by atoms with E-state index in [0.717, 1.165) is 11.3 Å². The molecule has 6 heteroatoms. The third-order valence-electron chi connectivity index (χ3n) is 2.44. The van der Waals surface area contributed by atoms with E-state index in [4.69, 9.17) is 16.7 Å². The molecule has 1 heterocycles. The molecule has 2 rings (SSSR count). The predicted octanol–water partition coefficient (Wildman–Crippen LogP) is 3.28. The van der Waals surface area contributed by atoms with Crippen LogP contribution in [0.25, 0.3) is 0 Å². The molecule has 0 aliphatic carbocycles. The minimum atomic E-state index is -1.05. The number of benzene rings is 1. The Balaban J connectivity index is 0.00000180. The molecule has 1 aromatic carbocycles. The first-order valence-corrected chi connectivity index (χ1v) is 5.58. The van der Waals surface area contributed by atoms with Crippen molar-refractivity contribution in [1.29, 1.82) is 0 Å². The Morgan fingerprint density at radius 2 is 2.21 bits per heavy atom. The van der Waals surface area contributed by atoms with Crippen LogP contribution in [0.15, 0.2) is 30.5 Å². The topological polar surface area (TPSA) is 62.2 Å². The molecule has 0 amide bonds. The zero-order valence-corrected chi connectivity index (χ0v) is 13.7. The third-order valence-corrected chi connectivity index (χ3v) is 2.65. The maximum Gasteiger partial charge on any atom is 0.339 e. The van der Waals surface area contributed by atoms with Gasteiger partial charge in [-0.2, -0.15) is 18.2 Å². The van der Waals surface area contributed by atoms with Crippen LogP contribution in [0.1, 0.15) is 15.9 Å². The van der Waals surface area contributed by atoms with E-state index < -0.39 is 5.97 Å². The number of anilines is 2. The summed E-state index contributed by atoms with van der Waals surface area (Å²) in [6.45, 7) is 1.90. The number of hydrogen-bond donors (Lipinski definition) is 2. The largest absolute Gasteiger partial charge is 0.478 e. The van der Waals surface area contributed by atoms with Crippen molar-refractivity contribution in [2.24, 2.45) is 0 Å². The Hall–Kier alpha value is -0.966. The Labute approximate surface area is 141 Å². The summed E-state index contributed by atoms with van der Waals surface area (Å²) < 4.78 is 0. The van der Waals surface area contributed by atoms with Crippen molar-refractivity contribution >= 4 is 28.9 Å². The van der Waals surface area contributed by atoms with Crippen LogP contribution in [0.5, 0.6) is 0 Å². The molecule has 95 valence electrons. The van der Waals surface area contributed by atoms with E-state index in [9.17, 15) is 4.79 Å². The minimum absolute atomic E-state index is 0. The number of nitrogens with one attached hydrogen (secondary N) is 1. The molecule has 0 aliphatic heterocycles. The van der Waals surface area contributed by atoms with Crippen LogP contribution in [0, 0.1) is 13.0 Å². The first kappa shape index (κ1) is 16.1. The Morgan fingerprint density at radius 1 is 1.47 bits per heavy atom. The monoisotopic (exact) mass is 350 g/mol. The van der Waals surface area contributed by atoms with E-state index >= 15 is 0 Å². The van der Waals surface area contributed by atoms with E-state index in [0.29, 0.717) is 5.69 Å². The summed E-state index contributed by atoms with van der Waals surface area (Å²) in [5, 5.41) is 12.4. The maximum atomic E-state index is 11.1. The van der Waals surface area contributed by atoms with Crippen molar-refractivity contribution in [3.63, 3.8) is 0 Å². The van der Waals surface area contributed by atoms with Gasteiger partial charge in [-0.1, -0.05) is 24.2 Å². The van der Waals surface area contributed by atoms with E-state index in [2.05, 4.69) is 16.4 Å². The van der Waals surface area contributed by atoms with E-state index in [1.165, 1.54) is 12.3 Å². The van der Waals surface area contributed by atoms with Gasteiger partial charge in [0.2, 0.25) is 0 Å². The van der Waals surface area contributed by atoms with Crippen molar-refractivity contribution in [2.45, 2.75) is 6.92 Å². The number of aromatic nitrogens is 1. The van der Waals surface area contributed by atoms with E-state index in [1.807, 2.05) is 19.1 Å². The minimum Gasteiger partial charge on any atom is -0.478 e. The molecular formula is C13H10ClN2O2Y-. The molecule has 0 fully saturated rings. The average molecular weight is 351 g/mol. The van der Waals surface area contributed by atoms with Crippen LogP contribution in [0.2, 0.25) is 5.15 Å². The number of hydrogen-bond acceptors (Lipinski definition) is 3. The molecule has 19 heavy (non-hydrogen) atoms. The SMILES string of the molecule is Cc1c[c-]ccc1Nc1cc(Cl)ncc1C(=O)O.[Y]. The van der Waals surface area contributed by atoms with Crippen molar-refractivity contribution < 1.29 is 42.6 Å². The van der Waals surface area contributed by atoms with Gasteiger partial charge < -0.3 is 10.4 Å². The first-order valence-electron chi connectivity index (χ1n) is 5.20. The second-order valence-electron chi connectivity index (χ2n) is 3.72. The van der Waals surface area contributed by atoms with Gasteiger partial charge in [-0.05, 0) is 6.07 Å². The van der Waals surface area contributed by atoms with Crippen LogP contribution >= 0.6 is 11.6 Å². The van der Waals surface area contributed by atoms with Gasteiger partial charge in [0, 0.05) is 38.9 Å². The van der Waals surface area contributed by atoms with Gasteiger partial charge >= 0.3 is 5.97 Å². The fourth-order valence-corrected chi connectivity index (χ4v) is 1.66. The summed E-state index contributed by atoms with van der Waals surface area (Å²) in [4.78, 5) is 14.8. The van der Waals surface area contributed by atoms with Crippen LogP contribution in [-0.4, -0.2) is 16.1 Å². The second-order valence-corrected chi connectivity index (χ2v) is 4.11. The third kappa shape index (κ3) is 4.00. The number of rotatable bonds is 3. The number of carboxylic acid groups (broad SMARTS) is 1. The molecule has 1 radical (unpaired) electrons. The molecule has 0 saturated carbocycles. The molecule has 0 atom stereocenters. The van der Waals surface area contributed by atoms with Gasteiger partial charge in [0.15, 0.2) is 0 Å². The molecule has 0 saturated heterocycles. The fourth-order valence-electron chi connectivity index (χ4n) is 1.50. The van der Waals surface area contributed by atoms with Crippen LogP contribution in [0.3, 0.4) is 0 Å². The number of carboxylic acids is 1. The van der Waals surface area contributed by atoms with Gasteiger partial charge in [-0.25, -0.2) is 9.78 Å². The smallest absolute Gasteiger partial charge is 0.339 e. The summed E-state index contributed by atoms with van der Waals surface area (Å²) in [7, 11) is 0. The Morgan fingerprint density at radius 3 is 2.84 bits per heavy atom. The standard InChI is InChI=1S/C13H10ClN2O2.Y/c1-8-4-2-3-5-10(8)16-11-6-12(14)15-7-9(11)13(17)18;/h3-7H,1H3,(H,15,16)(H,17,18);/q-1;. The predicted molar refractivity (Wildman–Crippen MR) is 69.5 cm³/mol. The number of carbonyl (C=O) groups is 1. The van der Waals surface area contributed by atoms with Crippen LogP contribution in [0.4, 0.5) is 11.4 Å². The molecule has 4 nitrogen and oxygen atoms in total. The van der Waals surface area contributed by atoms with Gasteiger partial charge in [0.25, 0.3) is 0 Å². The van der Waals surface area contributed by atoms with E-state index in [1.54, 1.807) is 6.07 Å². The molecule has 0 spiro atoms. The maximum absolute atomic E-state index is 11.1. The number of pyridine rings is 1. The second kappa shape index (κ2) is 6.99. The molecular weight excluding hydrogens is 341 g/mol. The molecule has 0 unspecified atom stereocenters. The molecule has 0 aliphatic rings. The summed E-state index contributed by atoms with van der Waals surface area (Å²) in [5.41, 5.74) is 2.25. The molecule has 2 aromatic rings. The van der Waals surface area contributed by atoms with E-state index in [-0.39, 0.29) is 43.4 Å². The number of aromatic carboxylic acids is 1. The summed E-state index contributed by atoms with van der Waals surface area (Å²) >= 11 is 5.78. The quantitative estimate of drug-likeness (QED) is 0.659. The van der Waals surface area contributed by atoms with Crippen molar-refractivity contribution in [2.75, 3.05) is 5.32 Å². The molecule has 1 aromatic heterocycles. The zero-order valence-electron chi connectivity index (χ0n) is 10.1. The number of aryl methyl sites for hydroxylation is 1. The van der Waals surface area contributed by atoms with Gasteiger partial charge in [0.1, 0.15) is 10.7 Å². The zero-order chi connectivity index (χ0) is 13.1.